The summed E-state index contributed by atoms with van der Waals surface area (Å²) in [5.41, 5.74) is 0.823. The minimum absolute atomic E-state index is 0.0249. The van der Waals surface area contributed by atoms with Crippen LogP contribution in [0.5, 0.6) is 0 Å². The van der Waals surface area contributed by atoms with Crippen LogP contribution in [0.1, 0.15) is 32.8 Å². The molecule has 0 fully saturated rings. The van der Waals surface area contributed by atoms with Gasteiger partial charge in [-0.05, 0) is 24.3 Å². The Morgan fingerprint density at radius 2 is 1.75 bits per heavy atom. The largest absolute Gasteiger partial charge is 0.350 e. The molecule has 122 valence electrons. The van der Waals surface area contributed by atoms with Crippen molar-refractivity contribution in [2.24, 2.45) is 0 Å². The minimum atomic E-state index is -0.502. The highest BCUT2D eigenvalue weighted by Gasteiger charge is 2.34. The van der Waals surface area contributed by atoms with Gasteiger partial charge in [0, 0.05) is 19.2 Å². The lowest BCUT2D eigenvalue weighted by molar-refractivity contribution is -0.121. The molecule has 0 aliphatic carbocycles. The number of hydrogen-bond donors (Lipinski definition) is 1. The summed E-state index contributed by atoms with van der Waals surface area (Å²) in [6.07, 6.45) is 1.38. The van der Waals surface area contributed by atoms with E-state index in [0.29, 0.717) is 11.1 Å². The molecule has 0 radical (unpaired) electrons. The standard InChI is InChI=1S/C17H14FN3O3/c18-13-6-3-8-19-14(13)10-20-15(22)7-9-21-16(23)11-4-1-2-5-12(11)17(21)24/h1-6,8H,7,9-10H2,(H,20,22). The Morgan fingerprint density at radius 3 is 2.38 bits per heavy atom. The first-order valence-corrected chi connectivity index (χ1v) is 7.39. The zero-order valence-electron chi connectivity index (χ0n) is 12.7. The summed E-state index contributed by atoms with van der Waals surface area (Å²) < 4.78 is 13.4. The van der Waals surface area contributed by atoms with E-state index in [1.165, 1.54) is 18.3 Å². The fraction of sp³-hybridized carbons (Fsp3) is 0.176. The molecule has 7 heteroatoms. The number of amides is 3. The highest BCUT2D eigenvalue weighted by Crippen LogP contribution is 2.22. The predicted octanol–water partition coefficient (Wildman–Crippen LogP) is 1.52. The summed E-state index contributed by atoms with van der Waals surface area (Å²) in [4.78, 5) is 41.1. The van der Waals surface area contributed by atoms with Gasteiger partial charge in [0.2, 0.25) is 5.91 Å². The lowest BCUT2D eigenvalue weighted by atomic mass is 10.1. The van der Waals surface area contributed by atoms with Crippen molar-refractivity contribution in [3.63, 3.8) is 0 Å². The number of hydrogen-bond acceptors (Lipinski definition) is 4. The number of aromatic nitrogens is 1. The van der Waals surface area contributed by atoms with E-state index >= 15 is 0 Å². The Hall–Kier alpha value is -3.09. The van der Waals surface area contributed by atoms with Gasteiger partial charge < -0.3 is 5.32 Å². The van der Waals surface area contributed by atoms with Gasteiger partial charge in [0.15, 0.2) is 0 Å². The van der Waals surface area contributed by atoms with Crippen molar-refractivity contribution in [1.82, 2.24) is 15.2 Å². The molecule has 6 nitrogen and oxygen atoms in total. The van der Waals surface area contributed by atoms with Crippen molar-refractivity contribution in [3.8, 4) is 0 Å². The van der Waals surface area contributed by atoms with Gasteiger partial charge >= 0.3 is 0 Å². The number of nitrogens with one attached hydrogen (secondary N) is 1. The monoisotopic (exact) mass is 327 g/mol. The molecule has 1 N–H and O–H groups in total. The van der Waals surface area contributed by atoms with Crippen LogP contribution in [-0.2, 0) is 11.3 Å². The van der Waals surface area contributed by atoms with Gasteiger partial charge in [-0.2, -0.15) is 0 Å². The van der Waals surface area contributed by atoms with Crippen LogP contribution in [0.3, 0.4) is 0 Å². The predicted molar refractivity (Wildman–Crippen MR) is 82.5 cm³/mol. The second kappa shape index (κ2) is 6.57. The van der Waals surface area contributed by atoms with Crippen molar-refractivity contribution >= 4 is 17.7 Å². The molecule has 0 saturated heterocycles. The molecule has 24 heavy (non-hydrogen) atoms. The Bertz CT molecular complexity index is 787. The summed E-state index contributed by atoms with van der Waals surface area (Å²) in [5.74, 6) is -1.70. The second-order valence-electron chi connectivity index (χ2n) is 5.27. The molecule has 1 aliphatic rings. The maximum absolute atomic E-state index is 13.4. The van der Waals surface area contributed by atoms with Gasteiger partial charge in [0.1, 0.15) is 5.82 Å². The van der Waals surface area contributed by atoms with Crippen molar-refractivity contribution in [2.45, 2.75) is 13.0 Å². The van der Waals surface area contributed by atoms with Crippen LogP contribution in [0.15, 0.2) is 42.6 Å². The molecule has 1 aromatic heterocycles. The zero-order chi connectivity index (χ0) is 17.1. The van der Waals surface area contributed by atoms with Crippen molar-refractivity contribution in [2.75, 3.05) is 6.54 Å². The molecular formula is C17H14FN3O3. The van der Waals surface area contributed by atoms with Gasteiger partial charge in [0.05, 0.1) is 23.4 Å². The highest BCUT2D eigenvalue weighted by molar-refractivity contribution is 6.21. The number of fused-ring (bicyclic) bond motifs is 1. The van der Waals surface area contributed by atoms with Gasteiger partial charge in [-0.15, -0.1) is 0 Å². The summed E-state index contributed by atoms with van der Waals surface area (Å²) in [6.45, 7) is -0.0729. The smallest absolute Gasteiger partial charge is 0.261 e. The Balaban J connectivity index is 1.55. The maximum atomic E-state index is 13.4. The Labute approximate surface area is 137 Å². The number of pyridine rings is 1. The molecule has 2 heterocycles. The number of imide groups is 1. The summed E-state index contributed by atoms with van der Waals surface area (Å²) in [6, 6.07) is 9.25. The van der Waals surface area contributed by atoms with Crippen LogP contribution in [0.2, 0.25) is 0 Å². The number of rotatable bonds is 5. The lowest BCUT2D eigenvalue weighted by Crippen LogP contribution is -2.34. The maximum Gasteiger partial charge on any atom is 0.261 e. The van der Waals surface area contributed by atoms with Crippen LogP contribution >= 0.6 is 0 Å². The summed E-state index contributed by atoms with van der Waals surface area (Å²) >= 11 is 0. The van der Waals surface area contributed by atoms with E-state index in [1.54, 1.807) is 24.3 Å². The third-order valence-electron chi connectivity index (χ3n) is 3.73. The van der Waals surface area contributed by atoms with E-state index in [2.05, 4.69) is 10.3 Å². The van der Waals surface area contributed by atoms with Gasteiger partial charge in [-0.3, -0.25) is 24.3 Å². The average Bonchev–Trinajstić information content (AvgIpc) is 2.84. The SMILES string of the molecule is O=C(CCN1C(=O)c2ccccc2C1=O)NCc1ncccc1F. The average molecular weight is 327 g/mol. The first-order chi connectivity index (χ1) is 11.6. The van der Waals surface area contributed by atoms with Crippen molar-refractivity contribution in [1.29, 1.82) is 0 Å². The normalized spacial score (nSPS) is 13.1. The minimum Gasteiger partial charge on any atom is -0.350 e. The van der Waals surface area contributed by atoms with Crippen molar-refractivity contribution in [3.05, 3.63) is 65.2 Å². The second-order valence-corrected chi connectivity index (χ2v) is 5.27. The fourth-order valence-electron chi connectivity index (χ4n) is 2.47. The number of nitrogens with zero attached hydrogens (tertiary/aromatic N) is 2. The Morgan fingerprint density at radius 1 is 1.08 bits per heavy atom. The number of carbonyl (C=O) groups is 3. The van der Waals surface area contributed by atoms with E-state index in [9.17, 15) is 18.8 Å². The topological polar surface area (TPSA) is 79.4 Å². The molecule has 2 aromatic rings. The van der Waals surface area contributed by atoms with Gasteiger partial charge in [0.25, 0.3) is 11.8 Å². The number of halogens is 1. The van der Waals surface area contributed by atoms with E-state index in [0.717, 1.165) is 4.90 Å². The Kier molecular flexibility index (Phi) is 4.33. The highest BCUT2D eigenvalue weighted by atomic mass is 19.1. The fourth-order valence-corrected chi connectivity index (χ4v) is 2.47. The van der Waals surface area contributed by atoms with Crippen molar-refractivity contribution < 1.29 is 18.8 Å². The third kappa shape index (κ3) is 3.01. The molecule has 0 saturated carbocycles. The van der Waals surface area contributed by atoms with Crippen LogP contribution in [0, 0.1) is 5.82 Å². The molecule has 0 unspecified atom stereocenters. The molecule has 3 amide bonds. The molecule has 0 atom stereocenters. The molecule has 1 aromatic carbocycles. The molecular weight excluding hydrogens is 313 g/mol. The van der Waals surface area contributed by atoms with Crippen LogP contribution in [0.4, 0.5) is 4.39 Å². The van der Waals surface area contributed by atoms with Crippen LogP contribution < -0.4 is 5.32 Å². The summed E-state index contributed by atoms with van der Waals surface area (Å²) in [5, 5.41) is 2.52. The van der Waals surface area contributed by atoms with E-state index < -0.39 is 23.5 Å². The van der Waals surface area contributed by atoms with E-state index in [1.807, 2.05) is 0 Å². The molecule has 0 bridgehead atoms. The van der Waals surface area contributed by atoms with E-state index in [4.69, 9.17) is 0 Å². The first kappa shape index (κ1) is 15.8. The molecule has 1 aliphatic heterocycles. The van der Waals surface area contributed by atoms with Crippen LogP contribution in [-0.4, -0.2) is 34.2 Å². The van der Waals surface area contributed by atoms with E-state index in [-0.39, 0.29) is 25.2 Å². The lowest BCUT2D eigenvalue weighted by Gasteiger charge is -2.13. The molecule has 3 rings (SSSR count). The number of benzene rings is 1. The van der Waals surface area contributed by atoms with Gasteiger partial charge in [-0.1, -0.05) is 12.1 Å². The first-order valence-electron chi connectivity index (χ1n) is 7.39. The summed E-state index contributed by atoms with van der Waals surface area (Å²) in [7, 11) is 0. The molecule has 0 spiro atoms. The zero-order valence-corrected chi connectivity index (χ0v) is 12.7. The third-order valence-corrected chi connectivity index (χ3v) is 3.73. The number of carbonyl (C=O) groups excluding carboxylic acids is 3. The van der Waals surface area contributed by atoms with Gasteiger partial charge in [-0.25, -0.2) is 4.39 Å². The quantitative estimate of drug-likeness (QED) is 0.845. The van der Waals surface area contributed by atoms with Crippen LogP contribution in [0.25, 0.3) is 0 Å².